The number of carbonyl (C=O) groups excluding carboxylic acids is 4. The molecule has 3 rings (SSSR count). The summed E-state index contributed by atoms with van der Waals surface area (Å²) in [7, 11) is 1.84. The summed E-state index contributed by atoms with van der Waals surface area (Å²) in [6.07, 6.45) is -1.26. The summed E-state index contributed by atoms with van der Waals surface area (Å²) >= 11 is 0. The van der Waals surface area contributed by atoms with Gasteiger partial charge < -0.3 is 36.2 Å². The SMILES string of the molecule is CN1C2C(=O)NC(N)=NC2NC[C@@H]1CNc1ccc(C(=O)NC(CCC(=O)[O-])C(=O)[O-])cc1.[Ca+2]. The monoisotopic (exact) mass is 499 g/mol. The minimum absolute atomic E-state index is 0. The van der Waals surface area contributed by atoms with Crippen LogP contribution >= 0.6 is 0 Å². The zero-order chi connectivity index (χ0) is 24.1. The van der Waals surface area contributed by atoms with Gasteiger partial charge in [-0.15, -0.1) is 0 Å². The van der Waals surface area contributed by atoms with Gasteiger partial charge >= 0.3 is 37.7 Å². The molecule has 2 amide bonds. The van der Waals surface area contributed by atoms with Gasteiger partial charge in [-0.1, -0.05) is 0 Å². The van der Waals surface area contributed by atoms with Gasteiger partial charge in [-0.25, -0.2) is 4.99 Å². The van der Waals surface area contributed by atoms with Crippen molar-refractivity contribution in [3.8, 4) is 0 Å². The fourth-order valence-corrected chi connectivity index (χ4v) is 3.73. The van der Waals surface area contributed by atoms with Gasteiger partial charge in [-0.3, -0.25) is 25.1 Å². The van der Waals surface area contributed by atoms with Crippen LogP contribution in [-0.2, 0) is 14.4 Å². The van der Waals surface area contributed by atoms with Crippen molar-refractivity contribution in [2.45, 2.75) is 37.1 Å². The molecule has 1 fully saturated rings. The number of rotatable bonds is 9. The van der Waals surface area contributed by atoms with E-state index >= 15 is 0 Å². The standard InChI is InChI=1S/C20H27N7O6.Ca/c1-27-12(9-23-16-15(27)18(31)26-20(21)25-16)8-22-11-4-2-10(3-5-11)17(30)24-13(19(32)33)6-7-14(28)29;/h2-5,12-13,15-16,22-23H,6-9H2,1H3,(H,24,30)(H,28,29)(H,32,33)(H3,21,25,26,31);/q;+2/p-2/t12-,13?,15?,16?;/m0./s1. The number of guanidine groups is 1. The van der Waals surface area contributed by atoms with Crippen LogP contribution in [0.3, 0.4) is 0 Å². The second-order valence-corrected chi connectivity index (χ2v) is 7.83. The van der Waals surface area contributed by atoms with Crippen molar-refractivity contribution in [2.24, 2.45) is 10.7 Å². The Labute approximate surface area is 225 Å². The van der Waals surface area contributed by atoms with Gasteiger partial charge in [-0.05, 0) is 44.2 Å². The maximum Gasteiger partial charge on any atom is 2.00 e. The molecule has 1 aromatic carbocycles. The first kappa shape index (κ1) is 27.8. The van der Waals surface area contributed by atoms with E-state index in [2.05, 4.69) is 26.3 Å². The third-order valence-electron chi connectivity index (χ3n) is 5.59. The largest absolute Gasteiger partial charge is 2.00 e. The van der Waals surface area contributed by atoms with Crippen LogP contribution in [0.5, 0.6) is 0 Å². The fourth-order valence-electron chi connectivity index (χ4n) is 3.73. The van der Waals surface area contributed by atoms with E-state index in [0.717, 1.165) is 0 Å². The molecule has 2 heterocycles. The molecule has 2 aliphatic heterocycles. The van der Waals surface area contributed by atoms with Gasteiger partial charge in [0.05, 0.1) is 12.0 Å². The van der Waals surface area contributed by atoms with Crippen molar-refractivity contribution in [1.82, 2.24) is 20.9 Å². The number of carbonyl (C=O) groups is 4. The van der Waals surface area contributed by atoms with E-state index in [1.807, 2.05) is 11.9 Å². The van der Waals surface area contributed by atoms with Crippen molar-refractivity contribution in [3.05, 3.63) is 29.8 Å². The number of hydrogen-bond donors (Lipinski definition) is 5. The number of hydrogen-bond acceptors (Lipinski definition) is 11. The number of nitrogens with one attached hydrogen (secondary N) is 4. The maximum atomic E-state index is 12.3. The summed E-state index contributed by atoms with van der Waals surface area (Å²) in [6.45, 7) is 1.08. The number of nitrogens with zero attached hydrogens (tertiary/aromatic N) is 2. The van der Waals surface area contributed by atoms with E-state index in [1.165, 1.54) is 12.1 Å². The van der Waals surface area contributed by atoms with Crippen LogP contribution in [0.1, 0.15) is 23.2 Å². The van der Waals surface area contributed by atoms with Crippen molar-refractivity contribution < 1.29 is 29.4 Å². The van der Waals surface area contributed by atoms with E-state index in [4.69, 9.17) is 5.73 Å². The summed E-state index contributed by atoms with van der Waals surface area (Å²) in [6, 6.07) is 4.37. The number of aliphatic carboxylic acids is 2. The van der Waals surface area contributed by atoms with E-state index in [1.54, 1.807) is 12.1 Å². The number of benzene rings is 1. The molecule has 3 unspecified atom stereocenters. The average Bonchev–Trinajstić information content (AvgIpc) is 2.75. The van der Waals surface area contributed by atoms with Gasteiger partial charge in [0.25, 0.3) is 5.91 Å². The average molecular weight is 500 g/mol. The summed E-state index contributed by atoms with van der Waals surface area (Å²) < 4.78 is 0. The molecule has 14 heteroatoms. The van der Waals surface area contributed by atoms with Gasteiger partial charge in [0.15, 0.2) is 5.96 Å². The summed E-state index contributed by atoms with van der Waals surface area (Å²) in [5, 5.41) is 32.9. The fraction of sp³-hybridized carbons (Fsp3) is 0.450. The molecule has 34 heavy (non-hydrogen) atoms. The number of piperazine rings is 1. The second kappa shape index (κ2) is 12.3. The molecule has 0 aliphatic carbocycles. The summed E-state index contributed by atoms with van der Waals surface area (Å²) in [5.41, 5.74) is 6.53. The van der Waals surface area contributed by atoms with E-state index in [-0.39, 0.29) is 67.6 Å². The first-order valence-electron chi connectivity index (χ1n) is 10.3. The molecule has 0 spiro atoms. The Hall–Kier alpha value is -2.45. The van der Waals surface area contributed by atoms with Gasteiger partial charge in [0.2, 0.25) is 5.91 Å². The Morgan fingerprint density at radius 3 is 2.56 bits per heavy atom. The van der Waals surface area contributed by atoms with E-state index < -0.39 is 42.5 Å². The van der Waals surface area contributed by atoms with Crippen LogP contribution in [0.25, 0.3) is 0 Å². The van der Waals surface area contributed by atoms with Crippen molar-refractivity contribution in [2.75, 3.05) is 25.5 Å². The quantitative estimate of drug-likeness (QED) is 0.205. The molecule has 0 saturated carbocycles. The molecule has 1 saturated heterocycles. The normalized spacial score (nSPS) is 22.8. The number of carboxylic acids is 2. The van der Waals surface area contributed by atoms with Gasteiger partial charge in [-0.2, -0.15) is 0 Å². The summed E-state index contributed by atoms with van der Waals surface area (Å²) in [5.74, 6) is -3.79. The Bertz CT molecular complexity index is 957. The first-order valence-corrected chi connectivity index (χ1v) is 10.3. The number of fused-ring (bicyclic) bond motifs is 1. The van der Waals surface area contributed by atoms with Crippen molar-refractivity contribution in [1.29, 1.82) is 0 Å². The number of likely N-dealkylation sites (N-methyl/N-ethyl adjacent to an activating group) is 1. The number of amides is 2. The van der Waals surface area contributed by atoms with Crippen molar-refractivity contribution in [3.63, 3.8) is 0 Å². The molecule has 2 aliphatic rings. The predicted octanol–water partition coefficient (Wildman–Crippen LogP) is -4.86. The topological polar surface area (TPSA) is 204 Å². The van der Waals surface area contributed by atoms with Crippen LogP contribution < -0.4 is 37.2 Å². The zero-order valence-electron chi connectivity index (χ0n) is 18.6. The van der Waals surface area contributed by atoms with Crippen LogP contribution in [0.15, 0.2) is 29.3 Å². The number of aliphatic imine (C=N–C) groups is 1. The minimum Gasteiger partial charge on any atom is -0.550 e. The zero-order valence-corrected chi connectivity index (χ0v) is 20.8. The Kier molecular flexibility index (Phi) is 10.1. The Morgan fingerprint density at radius 2 is 1.94 bits per heavy atom. The molecule has 0 aromatic heterocycles. The maximum absolute atomic E-state index is 12.3. The first-order chi connectivity index (χ1) is 15.7. The Balaban J connectivity index is 0.00000408. The van der Waals surface area contributed by atoms with E-state index in [9.17, 15) is 29.4 Å². The molecule has 1 aromatic rings. The molecule has 6 N–H and O–H groups in total. The molecular formula is C20H25CaN7O6. The summed E-state index contributed by atoms with van der Waals surface area (Å²) in [4.78, 5) is 52.4. The van der Waals surface area contributed by atoms with E-state index in [0.29, 0.717) is 18.8 Å². The minimum atomic E-state index is -1.57. The molecular weight excluding hydrogens is 474 g/mol. The number of carboxylic acid groups (broad SMARTS) is 2. The smallest absolute Gasteiger partial charge is 0.550 e. The van der Waals surface area contributed by atoms with Crippen molar-refractivity contribution >= 4 is 73.1 Å². The third-order valence-corrected chi connectivity index (χ3v) is 5.59. The van der Waals surface area contributed by atoms with Crippen LogP contribution in [-0.4, -0.2) is 117 Å². The molecule has 4 atom stereocenters. The van der Waals surface area contributed by atoms with Gasteiger partial charge in [0, 0.05) is 36.4 Å². The Morgan fingerprint density at radius 1 is 1.26 bits per heavy atom. The van der Waals surface area contributed by atoms with Crippen LogP contribution in [0.2, 0.25) is 0 Å². The number of nitrogens with two attached hydrogens (primary N) is 1. The predicted molar refractivity (Wildman–Crippen MR) is 118 cm³/mol. The molecule has 0 radical (unpaired) electrons. The van der Waals surface area contributed by atoms with Crippen LogP contribution in [0, 0.1) is 0 Å². The second-order valence-electron chi connectivity index (χ2n) is 7.83. The van der Waals surface area contributed by atoms with Crippen LogP contribution in [0.4, 0.5) is 5.69 Å². The third kappa shape index (κ3) is 7.03. The molecule has 178 valence electrons. The van der Waals surface area contributed by atoms with Gasteiger partial charge in [0.1, 0.15) is 12.2 Å². The number of anilines is 1. The molecule has 0 bridgehead atoms. The molecule has 13 nitrogen and oxygen atoms in total.